The largest absolute Gasteiger partial charge is 0.395 e. The van der Waals surface area contributed by atoms with Crippen LogP contribution in [0.3, 0.4) is 0 Å². The Balaban J connectivity index is 1.81. The van der Waals surface area contributed by atoms with E-state index in [-0.39, 0.29) is 18.0 Å². The van der Waals surface area contributed by atoms with Crippen LogP contribution < -0.4 is 5.56 Å². The maximum atomic E-state index is 13.5. The van der Waals surface area contributed by atoms with Gasteiger partial charge in [0.05, 0.1) is 24.1 Å². The molecule has 0 atom stereocenters. The zero-order valence-electron chi connectivity index (χ0n) is 13.7. The molecule has 1 N–H and O–H groups in total. The summed E-state index contributed by atoms with van der Waals surface area (Å²) in [6.07, 6.45) is 0. The van der Waals surface area contributed by atoms with Crippen molar-refractivity contribution in [2.24, 2.45) is 0 Å². The fourth-order valence-corrected chi connectivity index (χ4v) is 3.32. The van der Waals surface area contributed by atoms with Gasteiger partial charge in [-0.2, -0.15) is 0 Å². The van der Waals surface area contributed by atoms with Crippen molar-refractivity contribution >= 4 is 10.9 Å². The molecule has 3 aromatic rings. The average molecular weight is 339 g/mol. The maximum absolute atomic E-state index is 13.5. The van der Waals surface area contributed by atoms with Gasteiger partial charge in [-0.1, -0.05) is 18.2 Å². The number of hydrogen-bond donors (Lipinski definition) is 1. The Morgan fingerprint density at radius 3 is 2.76 bits per heavy atom. The van der Waals surface area contributed by atoms with Gasteiger partial charge in [0.15, 0.2) is 0 Å². The molecule has 0 saturated heterocycles. The van der Waals surface area contributed by atoms with Gasteiger partial charge in [0.25, 0.3) is 5.56 Å². The summed E-state index contributed by atoms with van der Waals surface area (Å²) in [5.74, 6) is 0.407. The Morgan fingerprint density at radius 1 is 1.12 bits per heavy atom. The van der Waals surface area contributed by atoms with Crippen molar-refractivity contribution in [3.8, 4) is 11.1 Å². The van der Waals surface area contributed by atoms with Gasteiger partial charge in [0.2, 0.25) is 0 Å². The first-order valence-electron chi connectivity index (χ1n) is 8.28. The third-order valence-electron chi connectivity index (χ3n) is 4.61. The predicted octanol–water partition coefficient (Wildman–Crippen LogP) is 2.01. The van der Waals surface area contributed by atoms with Crippen LogP contribution >= 0.6 is 0 Å². The summed E-state index contributed by atoms with van der Waals surface area (Å²) in [7, 11) is 0. The molecule has 0 saturated carbocycles. The number of hydrogen-bond acceptors (Lipinski definition) is 4. The highest BCUT2D eigenvalue weighted by atomic mass is 19.1. The molecule has 1 aliphatic heterocycles. The molecule has 25 heavy (non-hydrogen) atoms. The number of aliphatic hydroxyl groups excluding tert-OH is 1. The molecular weight excluding hydrogens is 321 g/mol. The quantitative estimate of drug-likeness (QED) is 0.793. The summed E-state index contributed by atoms with van der Waals surface area (Å²) in [4.78, 5) is 19.5. The summed E-state index contributed by atoms with van der Waals surface area (Å²) in [5.41, 5.74) is 2.15. The minimum absolute atomic E-state index is 0.0468. The Bertz CT molecular complexity index is 1000. The molecule has 128 valence electrons. The van der Waals surface area contributed by atoms with E-state index in [9.17, 15) is 9.18 Å². The maximum Gasteiger partial charge on any atom is 0.261 e. The van der Waals surface area contributed by atoms with Crippen LogP contribution in [-0.2, 0) is 13.1 Å². The van der Waals surface area contributed by atoms with Gasteiger partial charge in [-0.25, -0.2) is 9.37 Å². The molecule has 2 aromatic carbocycles. The topological polar surface area (TPSA) is 58.4 Å². The van der Waals surface area contributed by atoms with E-state index in [0.717, 1.165) is 17.7 Å². The lowest BCUT2D eigenvalue weighted by molar-refractivity contribution is 0.163. The van der Waals surface area contributed by atoms with Crippen LogP contribution in [0.4, 0.5) is 4.39 Å². The van der Waals surface area contributed by atoms with Crippen LogP contribution in [0.15, 0.2) is 47.3 Å². The van der Waals surface area contributed by atoms with Gasteiger partial charge in [0, 0.05) is 19.6 Å². The second-order valence-electron chi connectivity index (χ2n) is 6.23. The number of β-amino-alcohol motifs (C(OH)–C–C–N with tert-alkyl or cyclic N) is 1. The second-order valence-corrected chi connectivity index (χ2v) is 6.23. The van der Waals surface area contributed by atoms with Gasteiger partial charge < -0.3 is 5.11 Å². The minimum atomic E-state index is -0.296. The Kier molecular flexibility index (Phi) is 4.07. The standard InChI is InChI=1S/C19H18FN3O2/c20-15-3-1-2-13(10-15)14-4-5-16-17(11-14)21-18-12-22(8-9-24)6-7-23(18)19(16)25/h1-5,10-11,24H,6-9,12H2. The van der Waals surface area contributed by atoms with E-state index in [2.05, 4.69) is 9.88 Å². The zero-order valence-corrected chi connectivity index (χ0v) is 13.7. The van der Waals surface area contributed by atoms with Gasteiger partial charge in [0.1, 0.15) is 11.6 Å². The number of rotatable bonds is 3. The smallest absolute Gasteiger partial charge is 0.261 e. The molecule has 5 nitrogen and oxygen atoms in total. The molecule has 0 spiro atoms. The zero-order chi connectivity index (χ0) is 17.4. The Morgan fingerprint density at radius 2 is 1.96 bits per heavy atom. The van der Waals surface area contributed by atoms with Crippen LogP contribution in [0.25, 0.3) is 22.0 Å². The number of fused-ring (bicyclic) bond motifs is 2. The van der Waals surface area contributed by atoms with Crippen LogP contribution in [0.1, 0.15) is 5.82 Å². The summed E-state index contributed by atoms with van der Waals surface area (Å²) in [6, 6.07) is 11.8. The van der Waals surface area contributed by atoms with Crippen molar-refractivity contribution in [3.05, 3.63) is 64.5 Å². The van der Waals surface area contributed by atoms with E-state index < -0.39 is 0 Å². The van der Waals surface area contributed by atoms with E-state index in [1.165, 1.54) is 12.1 Å². The molecular formula is C19H18FN3O2. The second kappa shape index (κ2) is 6.38. The van der Waals surface area contributed by atoms with Crippen LogP contribution in [0.2, 0.25) is 0 Å². The molecule has 1 aliphatic rings. The summed E-state index contributed by atoms with van der Waals surface area (Å²) in [5, 5.41) is 9.69. The first-order valence-corrected chi connectivity index (χ1v) is 8.28. The number of aliphatic hydroxyl groups is 1. The van der Waals surface area contributed by atoms with E-state index in [0.29, 0.717) is 36.4 Å². The van der Waals surface area contributed by atoms with E-state index >= 15 is 0 Å². The van der Waals surface area contributed by atoms with Gasteiger partial charge in [-0.05, 0) is 35.4 Å². The van der Waals surface area contributed by atoms with E-state index in [1.54, 1.807) is 16.7 Å². The van der Waals surface area contributed by atoms with Crippen LogP contribution in [0, 0.1) is 5.82 Å². The number of nitrogens with zero attached hydrogens (tertiary/aromatic N) is 3. The van der Waals surface area contributed by atoms with E-state index in [1.807, 2.05) is 18.2 Å². The number of halogens is 1. The predicted molar refractivity (Wildman–Crippen MR) is 93.8 cm³/mol. The molecule has 0 fully saturated rings. The first-order chi connectivity index (χ1) is 12.2. The number of aromatic nitrogens is 2. The highest BCUT2D eigenvalue weighted by molar-refractivity contribution is 5.83. The van der Waals surface area contributed by atoms with Gasteiger partial charge in [-0.15, -0.1) is 0 Å². The fourth-order valence-electron chi connectivity index (χ4n) is 3.32. The van der Waals surface area contributed by atoms with Crippen molar-refractivity contribution in [2.45, 2.75) is 13.1 Å². The van der Waals surface area contributed by atoms with Crippen molar-refractivity contribution in [1.29, 1.82) is 0 Å². The Hall–Kier alpha value is -2.57. The SMILES string of the molecule is O=c1c2ccc(-c3cccc(F)c3)cc2nc2n1CCN(CCO)C2. The van der Waals surface area contributed by atoms with Gasteiger partial charge in [-0.3, -0.25) is 14.3 Å². The van der Waals surface area contributed by atoms with E-state index in [4.69, 9.17) is 5.11 Å². The first kappa shape index (κ1) is 15.9. The molecule has 0 radical (unpaired) electrons. The third kappa shape index (κ3) is 2.94. The number of benzene rings is 2. The normalized spacial score (nSPS) is 14.6. The highest BCUT2D eigenvalue weighted by Crippen LogP contribution is 2.23. The molecule has 0 unspecified atom stereocenters. The van der Waals surface area contributed by atoms with Crippen molar-refractivity contribution < 1.29 is 9.50 Å². The molecule has 6 heteroatoms. The van der Waals surface area contributed by atoms with Crippen molar-refractivity contribution in [2.75, 3.05) is 19.7 Å². The lowest BCUT2D eigenvalue weighted by atomic mass is 10.0. The monoisotopic (exact) mass is 339 g/mol. The minimum Gasteiger partial charge on any atom is -0.395 e. The lowest BCUT2D eigenvalue weighted by Crippen LogP contribution is -2.41. The summed E-state index contributed by atoms with van der Waals surface area (Å²) in [6.45, 7) is 2.49. The van der Waals surface area contributed by atoms with Crippen molar-refractivity contribution in [1.82, 2.24) is 14.5 Å². The molecule has 1 aromatic heterocycles. The summed E-state index contributed by atoms with van der Waals surface area (Å²) < 4.78 is 15.2. The fraction of sp³-hybridized carbons (Fsp3) is 0.263. The Labute approximate surface area is 144 Å². The van der Waals surface area contributed by atoms with Gasteiger partial charge >= 0.3 is 0 Å². The molecule has 2 heterocycles. The van der Waals surface area contributed by atoms with Crippen LogP contribution in [-0.4, -0.2) is 39.3 Å². The highest BCUT2D eigenvalue weighted by Gasteiger charge is 2.19. The third-order valence-corrected chi connectivity index (χ3v) is 4.61. The van der Waals surface area contributed by atoms with Crippen LogP contribution in [0.5, 0.6) is 0 Å². The lowest BCUT2D eigenvalue weighted by Gasteiger charge is -2.28. The molecule has 0 bridgehead atoms. The molecule has 0 amide bonds. The summed E-state index contributed by atoms with van der Waals surface area (Å²) >= 11 is 0. The van der Waals surface area contributed by atoms with Crippen molar-refractivity contribution in [3.63, 3.8) is 0 Å². The molecule has 0 aliphatic carbocycles. The average Bonchev–Trinajstić information content (AvgIpc) is 2.61. The molecule has 4 rings (SSSR count).